The fourth-order valence-electron chi connectivity index (χ4n) is 1.87. The third-order valence-corrected chi connectivity index (χ3v) is 4.41. The quantitative estimate of drug-likeness (QED) is 0.583. The highest BCUT2D eigenvalue weighted by molar-refractivity contribution is 7.86. The fourth-order valence-corrected chi connectivity index (χ4v) is 2.99. The second kappa shape index (κ2) is 7.36. The third-order valence-electron chi connectivity index (χ3n) is 2.94. The van der Waals surface area contributed by atoms with Crippen molar-refractivity contribution in [2.45, 2.75) is 18.4 Å². The van der Waals surface area contributed by atoms with Gasteiger partial charge in [-0.25, -0.2) is 0 Å². The van der Waals surface area contributed by atoms with E-state index in [0.717, 1.165) is 5.56 Å². The summed E-state index contributed by atoms with van der Waals surface area (Å²) >= 11 is 0. The van der Waals surface area contributed by atoms with Crippen LogP contribution in [0.2, 0.25) is 0 Å². The first-order chi connectivity index (χ1) is 10.1. The molecule has 0 aliphatic heterocycles. The SMILES string of the molecule is Cc1ccccc1S(=O)(=O)OCCOCc1ccccc1. The second-order valence-electron chi connectivity index (χ2n) is 4.58. The van der Waals surface area contributed by atoms with Crippen molar-refractivity contribution in [3.63, 3.8) is 0 Å². The van der Waals surface area contributed by atoms with Crippen LogP contribution >= 0.6 is 0 Å². The standard InChI is InChI=1S/C16H18O4S/c1-14-7-5-6-10-16(14)21(17,18)20-12-11-19-13-15-8-3-2-4-9-15/h2-10H,11-13H2,1H3. The molecule has 0 aromatic heterocycles. The highest BCUT2D eigenvalue weighted by atomic mass is 32.2. The summed E-state index contributed by atoms with van der Waals surface area (Å²) in [5.41, 5.74) is 1.71. The minimum atomic E-state index is -3.72. The lowest BCUT2D eigenvalue weighted by atomic mass is 10.2. The zero-order valence-corrected chi connectivity index (χ0v) is 12.7. The van der Waals surface area contributed by atoms with E-state index < -0.39 is 10.1 Å². The molecule has 2 aromatic carbocycles. The molecule has 0 bridgehead atoms. The monoisotopic (exact) mass is 306 g/mol. The Labute approximate surface area is 125 Å². The zero-order valence-electron chi connectivity index (χ0n) is 11.9. The van der Waals surface area contributed by atoms with Crippen LogP contribution in [-0.4, -0.2) is 21.6 Å². The van der Waals surface area contributed by atoms with Crippen LogP contribution in [0.5, 0.6) is 0 Å². The Morgan fingerprint density at radius 2 is 1.57 bits per heavy atom. The predicted octanol–water partition coefficient (Wildman–Crippen LogP) is 2.92. The molecule has 0 aliphatic carbocycles. The number of hydrogen-bond donors (Lipinski definition) is 0. The van der Waals surface area contributed by atoms with Gasteiger partial charge in [-0.05, 0) is 24.1 Å². The van der Waals surface area contributed by atoms with E-state index in [-0.39, 0.29) is 18.1 Å². The Hall–Kier alpha value is -1.69. The molecule has 0 saturated heterocycles. The molecular weight excluding hydrogens is 288 g/mol. The van der Waals surface area contributed by atoms with E-state index in [1.807, 2.05) is 30.3 Å². The van der Waals surface area contributed by atoms with Crippen molar-refractivity contribution < 1.29 is 17.3 Å². The average Bonchev–Trinajstić information content (AvgIpc) is 2.48. The van der Waals surface area contributed by atoms with Crippen LogP contribution in [0.3, 0.4) is 0 Å². The molecule has 0 spiro atoms. The first-order valence-electron chi connectivity index (χ1n) is 6.66. The third kappa shape index (κ3) is 4.67. The molecule has 0 radical (unpaired) electrons. The summed E-state index contributed by atoms with van der Waals surface area (Å²) in [5.74, 6) is 0. The molecule has 2 rings (SSSR count). The Morgan fingerprint density at radius 1 is 0.905 bits per heavy atom. The highest BCUT2D eigenvalue weighted by Crippen LogP contribution is 2.16. The molecule has 0 atom stereocenters. The maximum atomic E-state index is 12.0. The van der Waals surface area contributed by atoms with Crippen LogP contribution < -0.4 is 0 Å². The smallest absolute Gasteiger partial charge is 0.297 e. The molecule has 0 amide bonds. The van der Waals surface area contributed by atoms with Gasteiger partial charge in [0.1, 0.15) is 0 Å². The van der Waals surface area contributed by atoms with Gasteiger partial charge >= 0.3 is 0 Å². The lowest BCUT2D eigenvalue weighted by Gasteiger charge is -2.08. The van der Waals surface area contributed by atoms with Crippen LogP contribution in [0, 0.1) is 6.92 Å². The summed E-state index contributed by atoms with van der Waals surface area (Å²) in [6.45, 7) is 2.40. The first-order valence-corrected chi connectivity index (χ1v) is 8.07. The van der Waals surface area contributed by atoms with E-state index in [1.54, 1.807) is 25.1 Å². The van der Waals surface area contributed by atoms with Crippen LogP contribution in [0.25, 0.3) is 0 Å². The Bertz CT molecular complexity index is 666. The molecule has 0 unspecified atom stereocenters. The molecule has 0 heterocycles. The summed E-state index contributed by atoms with van der Waals surface area (Å²) < 4.78 is 34.4. The zero-order chi connectivity index (χ0) is 15.1. The molecule has 0 N–H and O–H groups in total. The first kappa shape index (κ1) is 15.7. The van der Waals surface area contributed by atoms with Crippen LogP contribution in [0.1, 0.15) is 11.1 Å². The Kier molecular flexibility index (Phi) is 5.50. The van der Waals surface area contributed by atoms with Crippen LogP contribution in [0.4, 0.5) is 0 Å². The van der Waals surface area contributed by atoms with Crippen molar-refractivity contribution in [3.05, 3.63) is 65.7 Å². The minimum absolute atomic E-state index is 0.00347. The van der Waals surface area contributed by atoms with Gasteiger partial charge in [0.2, 0.25) is 0 Å². The molecule has 0 aliphatic rings. The summed E-state index contributed by atoms with van der Waals surface area (Å²) in [4.78, 5) is 0.202. The number of rotatable bonds is 7. The lowest BCUT2D eigenvalue weighted by molar-refractivity contribution is 0.0907. The summed E-state index contributed by atoms with van der Waals surface area (Å²) in [6.07, 6.45) is 0. The molecule has 21 heavy (non-hydrogen) atoms. The molecule has 2 aromatic rings. The summed E-state index contributed by atoms with van der Waals surface area (Å²) in [5, 5.41) is 0. The Morgan fingerprint density at radius 3 is 2.29 bits per heavy atom. The largest absolute Gasteiger partial charge is 0.374 e. The van der Waals surface area contributed by atoms with Crippen molar-refractivity contribution in [1.82, 2.24) is 0 Å². The fraction of sp³-hybridized carbons (Fsp3) is 0.250. The van der Waals surface area contributed by atoms with Gasteiger partial charge in [-0.15, -0.1) is 0 Å². The second-order valence-corrected chi connectivity index (χ2v) is 6.16. The van der Waals surface area contributed by atoms with Crippen molar-refractivity contribution in [2.24, 2.45) is 0 Å². The van der Waals surface area contributed by atoms with Crippen molar-refractivity contribution in [2.75, 3.05) is 13.2 Å². The maximum Gasteiger partial charge on any atom is 0.297 e. The van der Waals surface area contributed by atoms with Gasteiger partial charge in [0.05, 0.1) is 24.7 Å². The van der Waals surface area contributed by atoms with E-state index >= 15 is 0 Å². The normalized spacial score (nSPS) is 11.5. The van der Waals surface area contributed by atoms with E-state index in [1.165, 1.54) is 6.07 Å². The molecule has 5 heteroatoms. The van der Waals surface area contributed by atoms with E-state index in [4.69, 9.17) is 8.92 Å². The van der Waals surface area contributed by atoms with Crippen molar-refractivity contribution >= 4 is 10.1 Å². The molecular formula is C16H18O4S. The highest BCUT2D eigenvalue weighted by Gasteiger charge is 2.16. The van der Waals surface area contributed by atoms with Crippen molar-refractivity contribution in [1.29, 1.82) is 0 Å². The van der Waals surface area contributed by atoms with E-state index in [0.29, 0.717) is 12.2 Å². The van der Waals surface area contributed by atoms with E-state index in [2.05, 4.69) is 0 Å². The summed E-state index contributed by atoms with van der Waals surface area (Å²) in [7, 11) is -3.72. The topological polar surface area (TPSA) is 52.6 Å². The minimum Gasteiger partial charge on any atom is -0.374 e. The number of aryl methyl sites for hydroxylation is 1. The molecule has 0 fully saturated rings. The van der Waals surface area contributed by atoms with Gasteiger partial charge in [0.25, 0.3) is 10.1 Å². The van der Waals surface area contributed by atoms with Gasteiger partial charge in [0, 0.05) is 0 Å². The molecule has 0 saturated carbocycles. The van der Waals surface area contributed by atoms with E-state index in [9.17, 15) is 8.42 Å². The number of benzene rings is 2. The van der Waals surface area contributed by atoms with Gasteiger partial charge in [-0.2, -0.15) is 8.42 Å². The predicted molar refractivity (Wildman–Crippen MR) is 80.4 cm³/mol. The maximum absolute atomic E-state index is 12.0. The van der Waals surface area contributed by atoms with Gasteiger partial charge in [-0.1, -0.05) is 48.5 Å². The van der Waals surface area contributed by atoms with Crippen LogP contribution in [0.15, 0.2) is 59.5 Å². The average molecular weight is 306 g/mol. The van der Waals surface area contributed by atoms with Gasteiger partial charge < -0.3 is 4.74 Å². The number of hydrogen-bond acceptors (Lipinski definition) is 4. The van der Waals surface area contributed by atoms with Crippen LogP contribution in [-0.2, 0) is 25.6 Å². The van der Waals surface area contributed by atoms with Gasteiger partial charge in [-0.3, -0.25) is 4.18 Å². The molecule has 112 valence electrons. The van der Waals surface area contributed by atoms with Crippen molar-refractivity contribution in [3.8, 4) is 0 Å². The number of ether oxygens (including phenoxy) is 1. The Balaban J connectivity index is 1.79. The summed E-state index contributed by atoms with van der Waals surface area (Å²) in [6, 6.07) is 16.4. The lowest BCUT2D eigenvalue weighted by Crippen LogP contribution is -2.12. The van der Waals surface area contributed by atoms with Gasteiger partial charge in [0.15, 0.2) is 0 Å². The molecule has 4 nitrogen and oxygen atoms in total.